The van der Waals surface area contributed by atoms with E-state index in [2.05, 4.69) is 10.3 Å². The number of anilines is 2. The highest BCUT2D eigenvalue weighted by Gasteiger charge is 2.31. The predicted octanol–water partition coefficient (Wildman–Crippen LogP) is 3.45. The van der Waals surface area contributed by atoms with Gasteiger partial charge in [0.25, 0.3) is 5.91 Å². The Morgan fingerprint density at radius 1 is 1.00 bits per heavy atom. The third kappa shape index (κ3) is 4.52. The molecule has 3 heterocycles. The van der Waals surface area contributed by atoms with Crippen LogP contribution in [0.3, 0.4) is 0 Å². The molecule has 3 N–H and O–H groups in total. The Labute approximate surface area is 212 Å². The van der Waals surface area contributed by atoms with Gasteiger partial charge in [-0.15, -0.1) is 0 Å². The van der Waals surface area contributed by atoms with Crippen molar-refractivity contribution in [2.45, 2.75) is 13.3 Å². The fourth-order valence-corrected chi connectivity index (χ4v) is 4.31. The molecular formula is C27H24N6O4. The molecule has 0 bridgehead atoms. The van der Waals surface area contributed by atoms with E-state index in [0.29, 0.717) is 29.1 Å². The van der Waals surface area contributed by atoms with Gasteiger partial charge in [-0.05, 0) is 48.9 Å². The zero-order chi connectivity index (χ0) is 26.3. The smallest absolute Gasteiger partial charge is 0.331 e. The predicted molar refractivity (Wildman–Crippen MR) is 138 cm³/mol. The summed E-state index contributed by atoms with van der Waals surface area (Å²) in [6.45, 7) is 2.20. The number of fused-ring (bicyclic) bond motifs is 1. The van der Waals surface area contributed by atoms with E-state index in [9.17, 15) is 19.2 Å². The number of amides is 5. The number of benzene rings is 2. The van der Waals surface area contributed by atoms with Crippen molar-refractivity contribution in [3.8, 4) is 11.1 Å². The van der Waals surface area contributed by atoms with Gasteiger partial charge in [0.2, 0.25) is 11.8 Å². The number of hydrogen-bond donors (Lipinski definition) is 2. The molecule has 5 amide bonds. The highest BCUT2D eigenvalue weighted by molar-refractivity contribution is 6.15. The number of urea groups is 1. The van der Waals surface area contributed by atoms with Gasteiger partial charge in [0.15, 0.2) is 5.69 Å². The van der Waals surface area contributed by atoms with E-state index in [-0.39, 0.29) is 29.6 Å². The normalized spacial score (nSPS) is 13.8. The van der Waals surface area contributed by atoms with Crippen LogP contribution in [0.25, 0.3) is 16.6 Å². The maximum absolute atomic E-state index is 13.1. The average Bonchev–Trinajstić information content (AvgIpc) is 3.30. The summed E-state index contributed by atoms with van der Waals surface area (Å²) in [6.07, 6.45) is 3.98. The van der Waals surface area contributed by atoms with Crippen LogP contribution in [0.15, 0.2) is 67.0 Å². The van der Waals surface area contributed by atoms with E-state index in [1.807, 2.05) is 35.0 Å². The highest BCUT2D eigenvalue weighted by Crippen LogP contribution is 2.28. The van der Waals surface area contributed by atoms with Gasteiger partial charge in [-0.1, -0.05) is 18.2 Å². The number of rotatable bonds is 5. The van der Waals surface area contributed by atoms with Crippen LogP contribution >= 0.6 is 0 Å². The average molecular weight is 497 g/mol. The van der Waals surface area contributed by atoms with E-state index in [1.54, 1.807) is 44.3 Å². The van der Waals surface area contributed by atoms with Crippen LogP contribution in [0.1, 0.15) is 33.0 Å². The Bertz CT molecular complexity index is 1570. The molecule has 2 aromatic heterocycles. The Balaban J connectivity index is 1.45. The van der Waals surface area contributed by atoms with Gasteiger partial charge < -0.3 is 20.4 Å². The zero-order valence-electron chi connectivity index (χ0n) is 20.3. The van der Waals surface area contributed by atoms with Crippen LogP contribution in [-0.4, -0.2) is 51.6 Å². The molecule has 0 atom stereocenters. The molecule has 0 spiro atoms. The second-order valence-electron chi connectivity index (χ2n) is 8.88. The summed E-state index contributed by atoms with van der Waals surface area (Å²) in [5.74, 6) is -1.25. The van der Waals surface area contributed by atoms with Crippen LogP contribution in [0.5, 0.6) is 0 Å². The second kappa shape index (κ2) is 9.23. The Morgan fingerprint density at radius 2 is 1.76 bits per heavy atom. The quantitative estimate of drug-likeness (QED) is 0.437. The SMILES string of the molecule is Cc1cn2cc(-c3ccc(N4C(=O)CCN(C)C4=O)cc3)cc2c(C(=O)Nc2cccc(C(N)=O)c2)n1. The Morgan fingerprint density at radius 3 is 2.49 bits per heavy atom. The third-order valence-corrected chi connectivity index (χ3v) is 6.21. The minimum absolute atomic E-state index is 0.222. The van der Waals surface area contributed by atoms with Gasteiger partial charge in [0, 0.05) is 49.2 Å². The molecule has 0 saturated carbocycles. The lowest BCUT2D eigenvalue weighted by atomic mass is 10.1. The van der Waals surface area contributed by atoms with Crippen molar-refractivity contribution in [1.82, 2.24) is 14.3 Å². The van der Waals surface area contributed by atoms with Gasteiger partial charge in [-0.3, -0.25) is 14.4 Å². The van der Waals surface area contributed by atoms with E-state index >= 15 is 0 Å². The summed E-state index contributed by atoms with van der Waals surface area (Å²) in [7, 11) is 1.67. The molecule has 1 aliphatic rings. The molecule has 4 aromatic rings. The lowest BCUT2D eigenvalue weighted by Gasteiger charge is -2.31. The number of nitrogens with two attached hydrogens (primary N) is 1. The zero-order valence-corrected chi connectivity index (χ0v) is 20.3. The van der Waals surface area contributed by atoms with Crippen LogP contribution in [0.2, 0.25) is 0 Å². The van der Waals surface area contributed by atoms with Crippen molar-refractivity contribution in [2.24, 2.45) is 5.73 Å². The van der Waals surface area contributed by atoms with Gasteiger partial charge in [0.05, 0.1) is 16.9 Å². The fourth-order valence-electron chi connectivity index (χ4n) is 4.31. The Hall–Kier alpha value is -4.99. The molecular weight excluding hydrogens is 472 g/mol. The summed E-state index contributed by atoms with van der Waals surface area (Å²) in [5.41, 5.74) is 9.70. The number of carbonyl (C=O) groups excluding carboxylic acids is 4. The molecule has 2 aromatic carbocycles. The van der Waals surface area contributed by atoms with Gasteiger partial charge in [-0.25, -0.2) is 14.7 Å². The number of aromatic nitrogens is 2. The molecule has 37 heavy (non-hydrogen) atoms. The van der Waals surface area contributed by atoms with Gasteiger partial charge in [0.1, 0.15) is 0 Å². The molecule has 10 heteroatoms. The maximum atomic E-state index is 13.1. The number of nitrogens with one attached hydrogen (secondary N) is 1. The summed E-state index contributed by atoms with van der Waals surface area (Å²) in [4.78, 5) is 56.6. The molecule has 0 unspecified atom stereocenters. The lowest BCUT2D eigenvalue weighted by molar-refractivity contribution is -0.119. The van der Waals surface area contributed by atoms with Crippen LogP contribution in [0.4, 0.5) is 16.2 Å². The monoisotopic (exact) mass is 496 g/mol. The topological polar surface area (TPSA) is 130 Å². The van der Waals surface area contributed by atoms with Crippen LogP contribution in [-0.2, 0) is 4.79 Å². The summed E-state index contributed by atoms with van der Waals surface area (Å²) < 4.78 is 1.83. The van der Waals surface area contributed by atoms with E-state index in [4.69, 9.17) is 5.73 Å². The van der Waals surface area contributed by atoms with E-state index in [0.717, 1.165) is 11.1 Å². The first-order valence-electron chi connectivity index (χ1n) is 11.6. The molecule has 186 valence electrons. The maximum Gasteiger partial charge on any atom is 0.331 e. The molecule has 0 radical (unpaired) electrons. The number of nitrogens with zero attached hydrogens (tertiary/aromatic N) is 4. The van der Waals surface area contributed by atoms with Crippen LogP contribution in [0, 0.1) is 6.92 Å². The number of primary amides is 1. The fraction of sp³-hybridized carbons (Fsp3) is 0.148. The van der Waals surface area contributed by atoms with Crippen molar-refractivity contribution in [1.29, 1.82) is 0 Å². The van der Waals surface area contributed by atoms with Crippen molar-refractivity contribution < 1.29 is 19.2 Å². The number of carbonyl (C=O) groups is 4. The summed E-state index contributed by atoms with van der Waals surface area (Å²) >= 11 is 0. The molecule has 1 saturated heterocycles. The molecule has 0 aliphatic carbocycles. The van der Waals surface area contributed by atoms with Crippen molar-refractivity contribution >= 4 is 40.6 Å². The molecule has 5 rings (SSSR count). The number of hydrogen-bond acceptors (Lipinski definition) is 5. The largest absolute Gasteiger partial charge is 0.366 e. The highest BCUT2D eigenvalue weighted by atomic mass is 16.2. The molecule has 1 aliphatic heterocycles. The van der Waals surface area contributed by atoms with E-state index < -0.39 is 11.8 Å². The summed E-state index contributed by atoms with van der Waals surface area (Å²) in [5, 5.41) is 2.78. The summed E-state index contributed by atoms with van der Waals surface area (Å²) in [6, 6.07) is 15.0. The van der Waals surface area contributed by atoms with E-state index in [1.165, 1.54) is 15.9 Å². The van der Waals surface area contributed by atoms with Gasteiger partial charge >= 0.3 is 6.03 Å². The Kier molecular flexibility index (Phi) is 5.92. The minimum Gasteiger partial charge on any atom is -0.366 e. The second-order valence-corrected chi connectivity index (χ2v) is 8.88. The third-order valence-electron chi connectivity index (χ3n) is 6.21. The van der Waals surface area contributed by atoms with Crippen molar-refractivity contribution in [2.75, 3.05) is 23.8 Å². The minimum atomic E-state index is -0.588. The molecule has 1 fully saturated rings. The first-order chi connectivity index (χ1) is 17.7. The van der Waals surface area contributed by atoms with Crippen molar-refractivity contribution in [3.05, 3.63) is 83.9 Å². The van der Waals surface area contributed by atoms with Crippen LogP contribution < -0.4 is 16.0 Å². The molecule has 10 nitrogen and oxygen atoms in total. The standard InChI is InChI=1S/C27H24N6O4/c1-16-14-32-15-19(17-6-8-21(9-7-17)33-23(34)10-11-31(2)27(33)37)13-22(32)24(29-16)26(36)30-20-5-3-4-18(12-20)25(28)35/h3-9,12-15H,10-11H2,1-2H3,(H2,28,35)(H,30,36). The number of aryl methyl sites for hydroxylation is 1. The van der Waals surface area contributed by atoms with Gasteiger partial charge in [-0.2, -0.15) is 0 Å². The first-order valence-corrected chi connectivity index (χ1v) is 11.6. The lowest BCUT2D eigenvalue weighted by Crippen LogP contribution is -2.50. The first kappa shape index (κ1) is 23.7. The van der Waals surface area contributed by atoms with Crippen molar-refractivity contribution in [3.63, 3.8) is 0 Å². The number of imide groups is 1.